The van der Waals surface area contributed by atoms with Crippen molar-refractivity contribution in [1.29, 1.82) is 0 Å². The molecule has 5 nitrogen and oxygen atoms in total. The van der Waals surface area contributed by atoms with Gasteiger partial charge in [0.25, 0.3) is 0 Å². The van der Waals surface area contributed by atoms with Crippen LogP contribution in [0, 0.1) is 0 Å². The van der Waals surface area contributed by atoms with Gasteiger partial charge in [0.05, 0.1) is 19.0 Å². The highest BCUT2D eigenvalue weighted by Crippen LogP contribution is 2.20. The number of aromatic nitrogens is 2. The molecule has 0 aliphatic heterocycles. The summed E-state index contributed by atoms with van der Waals surface area (Å²) in [4.78, 5) is 7.82. The normalized spacial score (nSPS) is 10.1. The number of anilines is 1. The molecule has 82 valence electrons. The highest BCUT2D eigenvalue weighted by Gasteiger charge is 2.00. The first-order valence-electron chi connectivity index (χ1n) is 4.73. The summed E-state index contributed by atoms with van der Waals surface area (Å²) in [5.74, 6) is 1.22. The highest BCUT2D eigenvalue weighted by molar-refractivity contribution is 5.33. The van der Waals surface area contributed by atoms with E-state index in [-0.39, 0.29) is 6.61 Å². The topological polar surface area (TPSA) is 81.3 Å². The zero-order valence-electron chi connectivity index (χ0n) is 8.50. The number of nitrogens with two attached hydrogens (primary N) is 1. The molecule has 0 saturated heterocycles. The Morgan fingerprint density at radius 3 is 2.94 bits per heavy atom. The number of nitrogen functional groups attached to an aromatic ring is 1. The number of rotatable bonds is 3. The number of benzene rings is 1. The fraction of sp³-hybridized carbons (Fsp3) is 0.0909. The molecule has 1 aromatic carbocycles. The van der Waals surface area contributed by atoms with Gasteiger partial charge in [-0.15, -0.1) is 0 Å². The standard InChI is InChI=1S/C11H11N3O2/c12-10-5-13-6-11(14-10)16-9-3-1-2-8(4-9)7-15/h1-6,15H,7H2,(H2,12,14). The maximum Gasteiger partial charge on any atom is 0.239 e. The van der Waals surface area contributed by atoms with Gasteiger partial charge in [-0.05, 0) is 17.7 Å². The number of ether oxygens (including phenoxy) is 1. The molecule has 0 aliphatic rings. The minimum atomic E-state index is -0.0280. The molecule has 2 rings (SSSR count). The van der Waals surface area contributed by atoms with E-state index in [1.165, 1.54) is 12.4 Å². The Morgan fingerprint density at radius 1 is 1.31 bits per heavy atom. The molecule has 0 fully saturated rings. The molecule has 0 atom stereocenters. The average Bonchev–Trinajstić information content (AvgIpc) is 2.29. The van der Waals surface area contributed by atoms with Gasteiger partial charge in [0.2, 0.25) is 5.88 Å². The van der Waals surface area contributed by atoms with Gasteiger partial charge in [-0.1, -0.05) is 12.1 Å². The summed E-state index contributed by atoms with van der Waals surface area (Å²) in [6.45, 7) is -0.0280. The third kappa shape index (κ3) is 2.46. The number of hydrogen-bond acceptors (Lipinski definition) is 5. The molecular formula is C11H11N3O2. The Bertz CT molecular complexity index is 488. The van der Waals surface area contributed by atoms with Crippen molar-refractivity contribution in [3.63, 3.8) is 0 Å². The van der Waals surface area contributed by atoms with E-state index in [0.717, 1.165) is 5.56 Å². The maximum atomic E-state index is 8.97. The van der Waals surface area contributed by atoms with E-state index >= 15 is 0 Å². The van der Waals surface area contributed by atoms with E-state index < -0.39 is 0 Å². The summed E-state index contributed by atoms with van der Waals surface area (Å²) in [5.41, 5.74) is 6.25. The second-order valence-corrected chi connectivity index (χ2v) is 3.19. The monoisotopic (exact) mass is 217 g/mol. The fourth-order valence-corrected chi connectivity index (χ4v) is 1.24. The molecule has 0 bridgehead atoms. The first-order chi connectivity index (χ1) is 7.78. The van der Waals surface area contributed by atoms with E-state index in [4.69, 9.17) is 15.6 Å². The minimum absolute atomic E-state index is 0.0280. The van der Waals surface area contributed by atoms with Crippen LogP contribution in [0.3, 0.4) is 0 Å². The predicted octanol–water partition coefficient (Wildman–Crippen LogP) is 1.34. The number of hydrogen-bond donors (Lipinski definition) is 2. The summed E-state index contributed by atoms with van der Waals surface area (Å²) in [6, 6.07) is 7.09. The van der Waals surface area contributed by atoms with Crippen LogP contribution in [0.15, 0.2) is 36.7 Å². The second-order valence-electron chi connectivity index (χ2n) is 3.19. The van der Waals surface area contributed by atoms with E-state index in [1.54, 1.807) is 24.3 Å². The molecule has 3 N–H and O–H groups in total. The molecule has 16 heavy (non-hydrogen) atoms. The average molecular weight is 217 g/mol. The van der Waals surface area contributed by atoms with Crippen molar-refractivity contribution in [2.24, 2.45) is 0 Å². The van der Waals surface area contributed by atoms with Gasteiger partial charge in [0.15, 0.2) is 0 Å². The summed E-state index contributed by atoms with van der Waals surface area (Å²) in [5, 5.41) is 8.97. The molecule has 1 aromatic heterocycles. The first-order valence-corrected chi connectivity index (χ1v) is 4.73. The zero-order chi connectivity index (χ0) is 11.4. The quantitative estimate of drug-likeness (QED) is 0.810. The minimum Gasteiger partial charge on any atom is -0.437 e. The van der Waals surface area contributed by atoms with Crippen LogP contribution < -0.4 is 10.5 Å². The summed E-state index contributed by atoms with van der Waals surface area (Å²) in [7, 11) is 0. The van der Waals surface area contributed by atoms with E-state index in [9.17, 15) is 0 Å². The van der Waals surface area contributed by atoms with Crippen LogP contribution in [0.1, 0.15) is 5.56 Å². The van der Waals surface area contributed by atoms with Crippen molar-refractivity contribution in [1.82, 2.24) is 9.97 Å². The lowest BCUT2D eigenvalue weighted by molar-refractivity contribution is 0.281. The highest BCUT2D eigenvalue weighted by atomic mass is 16.5. The van der Waals surface area contributed by atoms with Crippen LogP contribution in [0.2, 0.25) is 0 Å². The third-order valence-electron chi connectivity index (χ3n) is 1.93. The van der Waals surface area contributed by atoms with Gasteiger partial charge in [0, 0.05) is 0 Å². The van der Waals surface area contributed by atoms with Crippen LogP contribution in [0.4, 0.5) is 5.82 Å². The van der Waals surface area contributed by atoms with Crippen molar-refractivity contribution in [2.75, 3.05) is 5.73 Å². The van der Waals surface area contributed by atoms with Crippen LogP contribution in [-0.4, -0.2) is 15.1 Å². The van der Waals surface area contributed by atoms with E-state index in [1.807, 2.05) is 0 Å². The lowest BCUT2D eigenvalue weighted by atomic mass is 10.2. The molecule has 0 spiro atoms. The summed E-state index contributed by atoms with van der Waals surface area (Å²) < 4.78 is 5.44. The van der Waals surface area contributed by atoms with Crippen LogP contribution >= 0.6 is 0 Å². The van der Waals surface area contributed by atoms with Crippen molar-refractivity contribution >= 4 is 5.82 Å². The number of aliphatic hydroxyl groups excluding tert-OH is 1. The van der Waals surface area contributed by atoms with Crippen LogP contribution in [0.5, 0.6) is 11.6 Å². The Kier molecular flexibility index (Phi) is 2.98. The molecule has 0 aliphatic carbocycles. The molecule has 5 heteroatoms. The molecule has 2 aromatic rings. The van der Waals surface area contributed by atoms with Crippen LogP contribution in [0.25, 0.3) is 0 Å². The molecule has 0 saturated carbocycles. The summed E-state index contributed by atoms with van der Waals surface area (Å²) in [6.07, 6.45) is 2.92. The van der Waals surface area contributed by atoms with Crippen molar-refractivity contribution in [2.45, 2.75) is 6.61 Å². The van der Waals surface area contributed by atoms with Gasteiger partial charge in [-0.25, -0.2) is 0 Å². The molecule has 0 amide bonds. The predicted molar refractivity (Wildman–Crippen MR) is 58.9 cm³/mol. The second kappa shape index (κ2) is 4.59. The van der Waals surface area contributed by atoms with Crippen molar-refractivity contribution in [3.05, 3.63) is 42.2 Å². The lowest BCUT2D eigenvalue weighted by Gasteiger charge is -2.05. The Hall–Kier alpha value is -2.14. The number of nitrogens with zero attached hydrogens (tertiary/aromatic N) is 2. The molecular weight excluding hydrogens is 206 g/mol. The van der Waals surface area contributed by atoms with Gasteiger partial charge >= 0.3 is 0 Å². The van der Waals surface area contributed by atoms with Crippen molar-refractivity contribution < 1.29 is 9.84 Å². The largest absolute Gasteiger partial charge is 0.437 e. The van der Waals surface area contributed by atoms with Gasteiger partial charge in [0.1, 0.15) is 11.6 Å². The zero-order valence-corrected chi connectivity index (χ0v) is 8.50. The molecule has 0 unspecified atom stereocenters. The van der Waals surface area contributed by atoms with Gasteiger partial charge in [-0.3, -0.25) is 4.98 Å². The lowest BCUT2D eigenvalue weighted by Crippen LogP contribution is -1.95. The summed E-state index contributed by atoms with van der Waals surface area (Å²) >= 11 is 0. The third-order valence-corrected chi connectivity index (χ3v) is 1.93. The van der Waals surface area contributed by atoms with E-state index in [2.05, 4.69) is 9.97 Å². The van der Waals surface area contributed by atoms with Crippen molar-refractivity contribution in [3.8, 4) is 11.6 Å². The smallest absolute Gasteiger partial charge is 0.239 e. The van der Waals surface area contributed by atoms with E-state index in [0.29, 0.717) is 17.4 Å². The first kappa shape index (κ1) is 10.4. The Balaban J connectivity index is 2.20. The Morgan fingerprint density at radius 2 is 2.19 bits per heavy atom. The Labute approximate surface area is 92.5 Å². The van der Waals surface area contributed by atoms with Gasteiger partial charge in [-0.2, -0.15) is 4.98 Å². The number of aliphatic hydroxyl groups is 1. The maximum absolute atomic E-state index is 8.97. The molecule has 1 heterocycles. The fourth-order valence-electron chi connectivity index (χ4n) is 1.24. The molecule has 0 radical (unpaired) electrons. The van der Waals surface area contributed by atoms with Crippen LogP contribution in [-0.2, 0) is 6.61 Å². The van der Waals surface area contributed by atoms with Gasteiger partial charge < -0.3 is 15.6 Å². The SMILES string of the molecule is Nc1cncc(Oc2cccc(CO)c2)n1.